The third-order valence-corrected chi connectivity index (χ3v) is 0. The van der Waals surface area contributed by atoms with Gasteiger partial charge in [0.15, 0.2) is 0 Å². The van der Waals surface area contributed by atoms with Crippen LogP contribution in [-0.4, -0.2) is 14.5 Å². The van der Waals surface area contributed by atoms with Gasteiger partial charge >= 0.3 is 15.9 Å². The van der Waals surface area contributed by atoms with Crippen LogP contribution in [-0.2, 0) is 0 Å². The molecular formula is H5B2F8P. The summed E-state index contributed by atoms with van der Waals surface area (Å²) in [6.45, 7) is 0. The summed E-state index contributed by atoms with van der Waals surface area (Å²) in [5.41, 5.74) is 0. The van der Waals surface area contributed by atoms with E-state index in [-0.39, 0.29) is 11.3 Å². The van der Waals surface area contributed by atoms with E-state index in [2.05, 4.69) is 0 Å². The van der Waals surface area contributed by atoms with Gasteiger partial charge in [0.2, 0.25) is 0 Å². The number of hydrogen-bond acceptors (Lipinski definition) is 0. The fourth-order valence-corrected chi connectivity index (χ4v) is 0. The van der Waals surface area contributed by atoms with Crippen molar-refractivity contribution >= 4 is 24.4 Å². The van der Waals surface area contributed by atoms with Gasteiger partial charge in [0.1, 0.15) is 0 Å². The van der Waals surface area contributed by atoms with E-state index in [1.54, 1.807) is 0 Å². The van der Waals surface area contributed by atoms with Gasteiger partial charge in [-0.15, -0.1) is 0 Å². The highest BCUT2D eigenvalue weighted by molar-refractivity contribution is 6.92. The van der Waals surface area contributed by atoms with Crippen LogP contribution in [0.5, 0.6) is 0 Å². The van der Waals surface area contributed by atoms with Crippen LogP contribution in [0.15, 0.2) is 0 Å². The molecule has 0 aliphatic carbocycles. The molecule has 11 heavy (non-hydrogen) atoms. The van der Waals surface area contributed by atoms with Gasteiger partial charge in [-0.3, -0.25) is 0 Å². The molecule has 11 heteroatoms. The zero-order valence-corrected chi connectivity index (χ0v) is 7.18. The Morgan fingerprint density at radius 2 is 0.545 bits per heavy atom. The number of rotatable bonds is 0. The molecule has 0 aromatic carbocycles. The van der Waals surface area contributed by atoms with Gasteiger partial charge in [0, 0.05) is 0 Å². The fourth-order valence-electron chi connectivity index (χ4n) is 0. The third-order valence-electron chi connectivity index (χ3n) is 0. The average Bonchev–Trinajstić information content (AvgIpc) is 1.12. The molecule has 0 aromatic heterocycles. The second-order valence-electron chi connectivity index (χ2n) is 0.990. The monoisotopic (exact) mass is 210 g/mol. The molecule has 72 valence electrons. The normalized spacial score (nSPS) is 10.9. The van der Waals surface area contributed by atoms with Gasteiger partial charge in [-0.05, 0) is 9.90 Å². The molecule has 0 radical (unpaired) electrons. The fraction of sp³-hybridized carbons (Fsp3) is 0. The molecule has 0 fully saturated rings. The minimum atomic E-state index is -6.00. The summed E-state index contributed by atoms with van der Waals surface area (Å²) in [7, 11) is -12.0. The van der Waals surface area contributed by atoms with Crippen molar-refractivity contribution < 1.29 is 36.0 Å². The zero-order chi connectivity index (χ0) is 9.00. The molecule has 0 saturated carbocycles. The van der Waals surface area contributed by atoms with Gasteiger partial charge in [-0.2, -0.15) is 0 Å². The summed E-state index contributed by atoms with van der Waals surface area (Å²) >= 11 is 0. The summed E-state index contributed by atoms with van der Waals surface area (Å²) in [5, 5.41) is 0. The highest BCUT2D eigenvalue weighted by atomic mass is 31.0. The Hall–Kier alpha value is -0.000130. The van der Waals surface area contributed by atoms with Gasteiger partial charge in [0.05, 0.1) is 0 Å². The molecule has 0 nitrogen and oxygen atoms in total. The topological polar surface area (TPSA) is 0 Å². The Bertz CT molecular complexity index is 60.0. The molecule has 1 atom stereocenters. The minimum Gasteiger partial charge on any atom is -0.418 e. The maximum absolute atomic E-state index is 9.75. The lowest BCUT2D eigenvalue weighted by molar-refractivity contribution is 0.366. The smallest absolute Gasteiger partial charge is 0.418 e. The Kier molecular flexibility index (Phi) is 8.79. The van der Waals surface area contributed by atoms with Crippen LogP contribution in [0.3, 0.4) is 0 Å². The molecule has 0 heterocycles. The van der Waals surface area contributed by atoms with Crippen molar-refractivity contribution in [3.05, 3.63) is 0 Å². The Morgan fingerprint density at radius 1 is 0.545 bits per heavy atom. The molecule has 0 saturated heterocycles. The van der Waals surface area contributed by atoms with E-state index in [1.165, 1.54) is 0 Å². The summed E-state index contributed by atoms with van der Waals surface area (Å²) in [6, 6.07) is 0. The number of halogens is 8. The van der Waals surface area contributed by atoms with Crippen LogP contribution < -0.4 is 0 Å². The van der Waals surface area contributed by atoms with Crippen LogP contribution in [0, 0.1) is 0 Å². The molecule has 0 aliphatic rings. The summed E-state index contributed by atoms with van der Waals surface area (Å²) in [4.78, 5) is 0. The van der Waals surface area contributed by atoms with E-state index in [4.69, 9.17) is 0 Å². The van der Waals surface area contributed by atoms with E-state index < -0.39 is 14.5 Å². The van der Waals surface area contributed by atoms with E-state index in [9.17, 15) is 34.5 Å². The van der Waals surface area contributed by atoms with E-state index in [0.717, 1.165) is 0 Å². The minimum absolute atomic E-state index is 0. The van der Waals surface area contributed by atoms with Crippen molar-refractivity contribution in [3.63, 3.8) is 0 Å². The maximum Gasteiger partial charge on any atom is 1.00 e. The largest absolute Gasteiger partial charge is 1.00 e. The molecule has 1 unspecified atom stereocenters. The number of hydrogen-bond donors (Lipinski definition) is 0. The quantitative estimate of drug-likeness (QED) is 0.327. The summed E-state index contributed by atoms with van der Waals surface area (Å²) in [5.74, 6) is 0. The van der Waals surface area contributed by atoms with E-state index in [0.29, 0.717) is 0 Å². The molecule has 0 N–H and O–H groups in total. The molecule has 0 bridgehead atoms. The zero-order valence-electron chi connectivity index (χ0n) is 6.18. The lowest BCUT2D eigenvalue weighted by atomic mass is 10.3. The van der Waals surface area contributed by atoms with Gasteiger partial charge in [0.25, 0.3) is 0 Å². The van der Waals surface area contributed by atoms with Gasteiger partial charge < -0.3 is 34.5 Å². The second kappa shape index (κ2) is 5.62. The summed E-state index contributed by atoms with van der Waals surface area (Å²) in [6.07, 6.45) is 0. The SMILES string of the molecule is F[B-](F)(F)F.F[B-](F)(F)F.[H+].[PH4+]. The average molecular weight is 210 g/mol. The molecule has 0 aromatic rings. The second-order valence-corrected chi connectivity index (χ2v) is 0.990. The first-order valence-electron chi connectivity index (χ1n) is 1.75. The van der Waals surface area contributed by atoms with Crippen LogP contribution in [0.2, 0.25) is 0 Å². The molecule has 0 rings (SSSR count). The predicted molar refractivity (Wildman–Crippen MR) is 34.0 cm³/mol. The first-order valence-corrected chi connectivity index (χ1v) is 1.75. The first kappa shape index (κ1) is 17.2. The van der Waals surface area contributed by atoms with Gasteiger partial charge in [-0.25, -0.2) is 0 Å². The van der Waals surface area contributed by atoms with Crippen molar-refractivity contribution in [2.75, 3.05) is 0 Å². The van der Waals surface area contributed by atoms with Gasteiger partial charge in [-0.1, -0.05) is 0 Å². The van der Waals surface area contributed by atoms with Crippen LogP contribution >= 0.6 is 9.90 Å². The predicted octanol–water partition coefficient (Wildman–Crippen LogP) is 2.50. The highest BCUT2D eigenvalue weighted by Crippen LogP contribution is 2.07. The van der Waals surface area contributed by atoms with Crippen LogP contribution in [0.4, 0.5) is 34.5 Å². The lowest BCUT2D eigenvalue weighted by Gasteiger charge is -1.94. The summed E-state index contributed by atoms with van der Waals surface area (Å²) < 4.78 is 78.0. The highest BCUT2D eigenvalue weighted by Gasteiger charge is 2.21. The lowest BCUT2D eigenvalue weighted by Crippen LogP contribution is -2.02. The molecule has 0 spiro atoms. The molecule has 0 aliphatic heterocycles. The molecule has 0 amide bonds. The van der Waals surface area contributed by atoms with Crippen molar-refractivity contribution in [3.8, 4) is 0 Å². The van der Waals surface area contributed by atoms with Crippen molar-refractivity contribution in [2.24, 2.45) is 0 Å². The van der Waals surface area contributed by atoms with Crippen molar-refractivity contribution in [2.45, 2.75) is 0 Å². The standard InChI is InChI=1S/2BF4.H3P/c2*2-1(3,4)5;/h;;1H3/q2*-1;/p+2. The first-order chi connectivity index (χ1) is 4.00. The van der Waals surface area contributed by atoms with Crippen molar-refractivity contribution in [1.29, 1.82) is 0 Å². The van der Waals surface area contributed by atoms with E-state index in [1.807, 2.05) is 0 Å². The Labute approximate surface area is 61.7 Å². The van der Waals surface area contributed by atoms with Crippen molar-refractivity contribution in [1.82, 2.24) is 0 Å². The Morgan fingerprint density at radius 3 is 0.545 bits per heavy atom. The Balaban J connectivity index is -0.0000000457. The maximum atomic E-state index is 9.75. The third kappa shape index (κ3) is 37900000000. The molecular weight excluding hydrogens is 205 g/mol. The van der Waals surface area contributed by atoms with E-state index >= 15 is 0 Å². The van der Waals surface area contributed by atoms with Crippen LogP contribution in [0.25, 0.3) is 0 Å². The van der Waals surface area contributed by atoms with Crippen LogP contribution in [0.1, 0.15) is 1.43 Å².